The van der Waals surface area contributed by atoms with E-state index in [-0.39, 0.29) is 0 Å². The van der Waals surface area contributed by atoms with E-state index in [0.717, 1.165) is 28.9 Å². The average Bonchev–Trinajstić information content (AvgIpc) is 2.94. The Balaban J connectivity index is 1.80. The molecule has 0 radical (unpaired) electrons. The van der Waals surface area contributed by atoms with Gasteiger partial charge in [-0.3, -0.25) is 0 Å². The van der Waals surface area contributed by atoms with Gasteiger partial charge < -0.3 is 4.74 Å². The van der Waals surface area contributed by atoms with Crippen LogP contribution >= 0.6 is 0 Å². The monoisotopic (exact) mass is 303 g/mol. The van der Waals surface area contributed by atoms with Gasteiger partial charge in [-0.2, -0.15) is 0 Å². The van der Waals surface area contributed by atoms with Crippen LogP contribution in [0.3, 0.4) is 0 Å². The van der Waals surface area contributed by atoms with E-state index in [1.165, 1.54) is 0 Å². The van der Waals surface area contributed by atoms with Crippen LogP contribution in [-0.2, 0) is 23.0 Å². The lowest BCUT2D eigenvalue weighted by atomic mass is 10.1. The van der Waals surface area contributed by atoms with Crippen molar-refractivity contribution in [3.8, 4) is 5.75 Å². The number of aryl methyl sites for hydroxylation is 1. The zero-order valence-corrected chi connectivity index (χ0v) is 12.6. The van der Waals surface area contributed by atoms with Crippen LogP contribution in [-0.4, -0.2) is 15.0 Å². The van der Waals surface area contributed by atoms with Crippen molar-refractivity contribution in [3.05, 3.63) is 59.2 Å². The fraction of sp³-hybridized carbons (Fsp3) is 0.250. The second-order valence-corrected chi connectivity index (χ2v) is 6.89. The average molecular weight is 303 g/mol. The summed E-state index contributed by atoms with van der Waals surface area (Å²) in [7, 11) is -3.50. The first kappa shape index (κ1) is 14.1. The van der Waals surface area contributed by atoms with Crippen molar-refractivity contribution in [3.63, 3.8) is 0 Å². The molecule has 0 bridgehead atoms. The molecule has 0 aliphatic carbocycles. The van der Waals surface area contributed by atoms with Gasteiger partial charge in [0.1, 0.15) is 5.75 Å². The number of nitrogens with one attached hydrogen (secondary N) is 1. The minimum atomic E-state index is -3.50. The summed E-state index contributed by atoms with van der Waals surface area (Å²) in [4.78, 5) is 0.292. The van der Waals surface area contributed by atoms with Gasteiger partial charge in [-0.05, 0) is 41.8 Å². The first-order chi connectivity index (χ1) is 10.1. The second-order valence-electron chi connectivity index (χ2n) is 5.12. The van der Waals surface area contributed by atoms with Gasteiger partial charge in [-0.25, -0.2) is 13.1 Å². The highest BCUT2D eigenvalue weighted by atomic mass is 32.2. The molecular weight excluding hydrogens is 286 g/mol. The topological polar surface area (TPSA) is 55.4 Å². The van der Waals surface area contributed by atoms with Crippen molar-refractivity contribution >= 4 is 10.0 Å². The summed E-state index contributed by atoms with van der Waals surface area (Å²) in [6, 6.07) is 12.7. The number of benzene rings is 2. The van der Waals surface area contributed by atoms with Crippen LogP contribution in [0.1, 0.15) is 16.7 Å². The molecule has 1 aliphatic heterocycles. The van der Waals surface area contributed by atoms with Gasteiger partial charge in [0.15, 0.2) is 0 Å². The van der Waals surface area contributed by atoms with E-state index in [9.17, 15) is 8.42 Å². The summed E-state index contributed by atoms with van der Waals surface area (Å²) < 4.78 is 32.8. The van der Waals surface area contributed by atoms with Crippen LogP contribution < -0.4 is 9.46 Å². The molecule has 0 aromatic heterocycles. The van der Waals surface area contributed by atoms with Crippen molar-refractivity contribution < 1.29 is 13.2 Å². The molecule has 3 rings (SSSR count). The SMILES string of the molecule is Cc1ccccc1CNS(=O)(=O)c1ccc2c(c1)CCO2. The zero-order valence-electron chi connectivity index (χ0n) is 11.8. The van der Waals surface area contributed by atoms with Gasteiger partial charge in [0.05, 0.1) is 11.5 Å². The Bertz CT molecular complexity index is 769. The van der Waals surface area contributed by atoms with Crippen LogP contribution in [0, 0.1) is 6.92 Å². The smallest absolute Gasteiger partial charge is 0.240 e. The standard InChI is InChI=1S/C16H17NO3S/c1-12-4-2-3-5-14(12)11-17-21(18,19)15-6-7-16-13(10-15)8-9-20-16/h2-7,10,17H,8-9,11H2,1H3. The molecule has 0 saturated heterocycles. The largest absolute Gasteiger partial charge is 0.493 e. The Kier molecular flexibility index (Phi) is 3.69. The number of fused-ring (bicyclic) bond motifs is 1. The highest BCUT2D eigenvalue weighted by Crippen LogP contribution is 2.27. The fourth-order valence-electron chi connectivity index (χ4n) is 2.39. The van der Waals surface area contributed by atoms with E-state index in [0.29, 0.717) is 18.0 Å². The minimum absolute atomic E-state index is 0.292. The van der Waals surface area contributed by atoms with Gasteiger partial charge >= 0.3 is 0 Å². The van der Waals surface area contributed by atoms with Crippen LogP contribution in [0.2, 0.25) is 0 Å². The second kappa shape index (κ2) is 5.50. The Hall–Kier alpha value is -1.85. The Morgan fingerprint density at radius 1 is 1.19 bits per heavy atom. The molecule has 2 aromatic rings. The van der Waals surface area contributed by atoms with E-state index in [4.69, 9.17) is 4.74 Å². The lowest BCUT2D eigenvalue weighted by Gasteiger charge is -2.09. The number of ether oxygens (including phenoxy) is 1. The molecule has 0 spiro atoms. The van der Waals surface area contributed by atoms with Crippen LogP contribution in [0.5, 0.6) is 5.75 Å². The molecule has 0 unspecified atom stereocenters. The maximum Gasteiger partial charge on any atom is 0.240 e. The number of hydrogen-bond donors (Lipinski definition) is 1. The Morgan fingerprint density at radius 3 is 2.81 bits per heavy atom. The summed E-state index contributed by atoms with van der Waals surface area (Å²) in [6.45, 7) is 2.88. The molecule has 5 heteroatoms. The molecule has 0 saturated carbocycles. The quantitative estimate of drug-likeness (QED) is 0.943. The van der Waals surface area contributed by atoms with Gasteiger partial charge in [-0.1, -0.05) is 24.3 Å². The van der Waals surface area contributed by atoms with Crippen molar-refractivity contribution in [1.29, 1.82) is 0 Å². The summed E-state index contributed by atoms with van der Waals surface area (Å²) in [5.74, 6) is 0.785. The van der Waals surface area contributed by atoms with E-state index >= 15 is 0 Å². The van der Waals surface area contributed by atoms with E-state index in [1.807, 2.05) is 31.2 Å². The highest BCUT2D eigenvalue weighted by molar-refractivity contribution is 7.89. The van der Waals surface area contributed by atoms with Gasteiger partial charge in [0.2, 0.25) is 10.0 Å². The summed E-state index contributed by atoms with van der Waals surface area (Å²) in [6.07, 6.45) is 0.760. The first-order valence-electron chi connectivity index (χ1n) is 6.86. The molecule has 1 aliphatic rings. The highest BCUT2D eigenvalue weighted by Gasteiger charge is 2.19. The number of rotatable bonds is 4. The minimum Gasteiger partial charge on any atom is -0.493 e. The fourth-order valence-corrected chi connectivity index (χ4v) is 3.45. The predicted octanol–water partition coefficient (Wildman–Crippen LogP) is 2.41. The number of sulfonamides is 1. The third-order valence-electron chi connectivity index (χ3n) is 3.69. The van der Waals surface area contributed by atoms with Gasteiger partial charge in [0.25, 0.3) is 0 Å². The maximum atomic E-state index is 12.4. The lowest BCUT2D eigenvalue weighted by Crippen LogP contribution is -2.23. The lowest BCUT2D eigenvalue weighted by molar-refractivity contribution is 0.356. The predicted molar refractivity (Wildman–Crippen MR) is 80.8 cm³/mol. The molecule has 0 amide bonds. The Labute approximate surface area is 124 Å². The third kappa shape index (κ3) is 2.94. The van der Waals surface area contributed by atoms with Crippen molar-refractivity contribution in [1.82, 2.24) is 4.72 Å². The van der Waals surface area contributed by atoms with Gasteiger partial charge in [-0.15, -0.1) is 0 Å². The number of hydrogen-bond acceptors (Lipinski definition) is 3. The molecular formula is C16H17NO3S. The van der Waals surface area contributed by atoms with Crippen molar-refractivity contribution in [2.45, 2.75) is 24.8 Å². The third-order valence-corrected chi connectivity index (χ3v) is 5.08. The maximum absolute atomic E-state index is 12.4. The molecule has 110 valence electrons. The molecule has 0 atom stereocenters. The van der Waals surface area contributed by atoms with Gasteiger partial charge in [0, 0.05) is 13.0 Å². The van der Waals surface area contributed by atoms with E-state index in [2.05, 4.69) is 4.72 Å². The molecule has 0 fully saturated rings. The van der Waals surface area contributed by atoms with Crippen LogP contribution in [0.15, 0.2) is 47.4 Å². The molecule has 1 heterocycles. The van der Waals surface area contributed by atoms with Crippen LogP contribution in [0.25, 0.3) is 0 Å². The summed E-state index contributed by atoms with van der Waals surface area (Å²) in [5, 5.41) is 0. The normalized spacial score (nSPS) is 13.8. The van der Waals surface area contributed by atoms with Crippen LogP contribution in [0.4, 0.5) is 0 Å². The molecule has 4 nitrogen and oxygen atoms in total. The summed E-state index contributed by atoms with van der Waals surface area (Å²) >= 11 is 0. The molecule has 2 aromatic carbocycles. The summed E-state index contributed by atoms with van der Waals surface area (Å²) in [5.41, 5.74) is 3.00. The van der Waals surface area contributed by atoms with Crippen molar-refractivity contribution in [2.75, 3.05) is 6.61 Å². The first-order valence-corrected chi connectivity index (χ1v) is 8.34. The molecule has 1 N–H and O–H groups in total. The zero-order chi connectivity index (χ0) is 14.9. The molecule has 21 heavy (non-hydrogen) atoms. The Morgan fingerprint density at radius 2 is 2.00 bits per heavy atom. The van der Waals surface area contributed by atoms with Crippen molar-refractivity contribution in [2.24, 2.45) is 0 Å². The van der Waals surface area contributed by atoms with E-state index in [1.54, 1.807) is 18.2 Å². The van der Waals surface area contributed by atoms with E-state index < -0.39 is 10.0 Å².